The van der Waals surface area contributed by atoms with Crippen LogP contribution >= 0.6 is 0 Å². The standard InChI is InChI=1S/C31H35F3N6O3/c1-19-3-8-28-26(15-19)35-30(43)40(28)23-9-12-37(13-10-23)16-24(42)17-39-27-11-14-38(20(2)41)18-25(27)29(36-39)21-4-6-22(7-5-21)31(32,33)34/h3-8,15,23-24,42H,9-14,16-18H2,1-2H3,(H,35,43). The molecular formula is C31H35F3N6O3. The molecule has 43 heavy (non-hydrogen) atoms. The van der Waals surface area contributed by atoms with Crippen LogP contribution in [0.1, 0.15) is 48.2 Å². The summed E-state index contributed by atoms with van der Waals surface area (Å²) in [5.74, 6) is -0.0785. The van der Waals surface area contributed by atoms with Crippen molar-refractivity contribution in [3.8, 4) is 11.3 Å². The number of amides is 1. The average Bonchev–Trinajstić information content (AvgIpc) is 3.48. The number of hydrogen-bond donors (Lipinski definition) is 2. The molecule has 0 aliphatic carbocycles. The lowest BCUT2D eigenvalue weighted by atomic mass is 10.00. The van der Waals surface area contributed by atoms with E-state index in [2.05, 4.69) is 9.88 Å². The van der Waals surface area contributed by atoms with E-state index in [9.17, 15) is 27.9 Å². The fourth-order valence-electron chi connectivity index (χ4n) is 6.48. The Morgan fingerprint density at radius 3 is 2.49 bits per heavy atom. The van der Waals surface area contributed by atoms with Gasteiger partial charge in [0.15, 0.2) is 0 Å². The van der Waals surface area contributed by atoms with Gasteiger partial charge in [0, 0.05) is 68.9 Å². The van der Waals surface area contributed by atoms with Gasteiger partial charge in [-0.25, -0.2) is 4.79 Å². The fourth-order valence-corrected chi connectivity index (χ4v) is 6.48. The number of hydrogen-bond acceptors (Lipinski definition) is 5. The molecule has 0 spiro atoms. The number of β-amino-alcohol motifs (C(OH)–C–C–N with tert-alkyl or cyclic N) is 1. The molecule has 2 aliphatic heterocycles. The van der Waals surface area contributed by atoms with Crippen LogP contribution < -0.4 is 5.69 Å². The van der Waals surface area contributed by atoms with E-state index in [1.807, 2.05) is 29.7 Å². The molecule has 6 rings (SSSR count). The third-order valence-corrected chi connectivity index (χ3v) is 8.71. The van der Waals surface area contributed by atoms with Gasteiger partial charge in [-0.15, -0.1) is 0 Å². The number of likely N-dealkylation sites (tertiary alicyclic amines) is 1. The van der Waals surface area contributed by atoms with Crippen molar-refractivity contribution in [1.82, 2.24) is 29.1 Å². The summed E-state index contributed by atoms with van der Waals surface area (Å²) < 4.78 is 43.1. The monoisotopic (exact) mass is 596 g/mol. The Kier molecular flexibility index (Phi) is 7.67. The van der Waals surface area contributed by atoms with Gasteiger partial charge in [-0.05, 0) is 49.6 Å². The first-order valence-electron chi connectivity index (χ1n) is 14.6. The fraction of sp³-hybridized carbons (Fsp3) is 0.452. The number of aromatic amines is 1. The lowest BCUT2D eigenvalue weighted by Crippen LogP contribution is -2.42. The molecule has 0 radical (unpaired) electrons. The first-order chi connectivity index (χ1) is 20.5. The van der Waals surface area contributed by atoms with Crippen LogP contribution in [0, 0.1) is 6.92 Å². The maximum Gasteiger partial charge on any atom is 0.416 e. The summed E-state index contributed by atoms with van der Waals surface area (Å²) in [6, 6.07) is 10.9. The lowest BCUT2D eigenvalue weighted by molar-refractivity contribution is -0.137. The molecule has 9 nitrogen and oxygen atoms in total. The number of aryl methyl sites for hydroxylation is 1. The summed E-state index contributed by atoms with van der Waals surface area (Å²) in [5.41, 5.74) is 4.75. The number of imidazole rings is 1. The molecule has 0 saturated carbocycles. The second kappa shape index (κ2) is 11.3. The number of alkyl halides is 3. The highest BCUT2D eigenvalue weighted by Gasteiger charge is 2.32. The van der Waals surface area contributed by atoms with Gasteiger partial charge < -0.3 is 19.9 Å². The van der Waals surface area contributed by atoms with Gasteiger partial charge in [-0.1, -0.05) is 18.2 Å². The Balaban J connectivity index is 1.15. The van der Waals surface area contributed by atoms with Gasteiger partial charge in [-0.2, -0.15) is 18.3 Å². The van der Waals surface area contributed by atoms with E-state index in [0.717, 1.165) is 65.9 Å². The Hall–Kier alpha value is -3.90. The predicted molar refractivity (Wildman–Crippen MR) is 155 cm³/mol. The summed E-state index contributed by atoms with van der Waals surface area (Å²) in [4.78, 5) is 31.7. The summed E-state index contributed by atoms with van der Waals surface area (Å²) in [7, 11) is 0. The van der Waals surface area contributed by atoms with Crippen LogP contribution in [0.2, 0.25) is 0 Å². The topological polar surface area (TPSA) is 99.4 Å². The quantitative estimate of drug-likeness (QED) is 0.349. The minimum absolute atomic E-state index is 0.0750. The van der Waals surface area contributed by atoms with Crippen molar-refractivity contribution >= 4 is 16.9 Å². The van der Waals surface area contributed by atoms with Gasteiger partial charge >= 0.3 is 11.9 Å². The van der Waals surface area contributed by atoms with Gasteiger partial charge in [0.05, 0.1) is 34.9 Å². The Bertz CT molecular complexity index is 1700. The molecule has 2 aromatic carbocycles. The smallest absolute Gasteiger partial charge is 0.390 e. The van der Waals surface area contributed by atoms with E-state index in [1.54, 1.807) is 9.58 Å². The molecule has 228 valence electrons. The Morgan fingerprint density at radius 1 is 1.09 bits per heavy atom. The predicted octanol–water partition coefficient (Wildman–Crippen LogP) is 4.12. The number of carbonyl (C=O) groups is 1. The maximum absolute atomic E-state index is 13.1. The molecule has 1 fully saturated rings. The van der Waals surface area contributed by atoms with Gasteiger partial charge in [0.1, 0.15) is 0 Å². The van der Waals surface area contributed by atoms with Crippen molar-refractivity contribution in [3.63, 3.8) is 0 Å². The number of rotatable bonds is 6. The van der Waals surface area contributed by atoms with Crippen LogP contribution in [0.3, 0.4) is 0 Å². The number of piperidine rings is 1. The number of benzene rings is 2. The first-order valence-corrected chi connectivity index (χ1v) is 14.6. The number of aliphatic hydroxyl groups is 1. The molecule has 0 bridgehead atoms. The second-order valence-corrected chi connectivity index (χ2v) is 11.7. The molecule has 1 unspecified atom stereocenters. The van der Waals surface area contributed by atoms with Crippen molar-refractivity contribution in [2.24, 2.45) is 0 Å². The van der Waals surface area contributed by atoms with Crippen molar-refractivity contribution in [1.29, 1.82) is 0 Å². The molecule has 2 aliphatic rings. The van der Waals surface area contributed by atoms with Crippen molar-refractivity contribution < 1.29 is 23.1 Å². The molecule has 2 aromatic heterocycles. The van der Waals surface area contributed by atoms with Crippen LogP contribution in [0.15, 0.2) is 47.3 Å². The third kappa shape index (κ3) is 5.85. The zero-order valence-electron chi connectivity index (χ0n) is 24.2. The van der Waals surface area contributed by atoms with Gasteiger partial charge in [-0.3, -0.25) is 14.0 Å². The molecule has 4 aromatic rings. The summed E-state index contributed by atoms with van der Waals surface area (Å²) >= 11 is 0. The number of H-pyrrole nitrogens is 1. The second-order valence-electron chi connectivity index (χ2n) is 11.7. The maximum atomic E-state index is 13.1. The lowest BCUT2D eigenvalue weighted by Gasteiger charge is -2.33. The number of aromatic nitrogens is 4. The number of carbonyl (C=O) groups excluding carboxylic acids is 1. The molecule has 1 amide bonds. The Morgan fingerprint density at radius 2 is 1.81 bits per heavy atom. The van der Waals surface area contributed by atoms with E-state index in [-0.39, 0.29) is 24.2 Å². The molecule has 4 heterocycles. The zero-order chi connectivity index (χ0) is 30.5. The number of halogens is 3. The zero-order valence-corrected chi connectivity index (χ0v) is 24.2. The van der Waals surface area contributed by atoms with E-state index in [1.165, 1.54) is 19.1 Å². The first kappa shape index (κ1) is 29.2. The number of nitrogens with one attached hydrogen (secondary N) is 1. The molecule has 1 saturated heterocycles. The highest BCUT2D eigenvalue weighted by atomic mass is 19.4. The minimum atomic E-state index is -4.44. The number of fused-ring (bicyclic) bond motifs is 2. The van der Waals surface area contributed by atoms with Gasteiger partial charge in [0.2, 0.25) is 5.91 Å². The van der Waals surface area contributed by atoms with Crippen LogP contribution in [-0.4, -0.2) is 72.4 Å². The van der Waals surface area contributed by atoms with Crippen LogP contribution in [0.5, 0.6) is 0 Å². The minimum Gasteiger partial charge on any atom is -0.390 e. The molecule has 2 N–H and O–H groups in total. The van der Waals surface area contributed by atoms with E-state index in [4.69, 9.17) is 5.10 Å². The molecule has 12 heteroatoms. The van der Waals surface area contributed by atoms with Crippen LogP contribution in [-0.2, 0) is 30.5 Å². The van der Waals surface area contributed by atoms with Gasteiger partial charge in [0.25, 0.3) is 0 Å². The number of nitrogens with zero attached hydrogens (tertiary/aromatic N) is 5. The summed E-state index contributed by atoms with van der Waals surface area (Å²) in [5, 5.41) is 15.9. The van der Waals surface area contributed by atoms with Crippen molar-refractivity contribution in [3.05, 3.63) is 75.3 Å². The largest absolute Gasteiger partial charge is 0.416 e. The highest BCUT2D eigenvalue weighted by Crippen LogP contribution is 2.34. The summed E-state index contributed by atoms with van der Waals surface area (Å²) in [6.07, 6.45) is -3.07. The SMILES string of the molecule is CC(=O)N1CCc2c(c(-c3ccc(C(F)(F)F)cc3)nn2CC(O)CN2CCC(n3c(=O)[nH]c4cc(C)ccc43)CC2)C1. The normalized spacial score (nSPS) is 17.4. The van der Waals surface area contributed by atoms with Crippen molar-refractivity contribution in [2.45, 2.75) is 64.5 Å². The average molecular weight is 597 g/mol. The van der Waals surface area contributed by atoms with E-state index < -0.39 is 17.8 Å². The van der Waals surface area contributed by atoms with E-state index in [0.29, 0.717) is 37.3 Å². The van der Waals surface area contributed by atoms with Crippen LogP contribution in [0.25, 0.3) is 22.3 Å². The van der Waals surface area contributed by atoms with E-state index >= 15 is 0 Å². The third-order valence-electron chi connectivity index (χ3n) is 8.71. The Labute approximate surface area is 246 Å². The van der Waals surface area contributed by atoms with Crippen molar-refractivity contribution in [2.75, 3.05) is 26.2 Å². The van der Waals surface area contributed by atoms with Crippen LogP contribution in [0.4, 0.5) is 13.2 Å². The molecule has 1 atom stereocenters. The molecular weight excluding hydrogens is 561 g/mol. The highest BCUT2D eigenvalue weighted by molar-refractivity contribution is 5.76. The summed E-state index contributed by atoms with van der Waals surface area (Å²) in [6.45, 7) is 6.43. The number of aliphatic hydroxyl groups excluding tert-OH is 1.